The predicted octanol–water partition coefficient (Wildman–Crippen LogP) is -1.31. The zero-order valence-electron chi connectivity index (χ0n) is 1.22. The molecule has 0 saturated carbocycles. The summed E-state index contributed by atoms with van der Waals surface area (Å²) in [7, 11) is 0. The molecule has 4 heavy (non-hydrogen) atoms. The first-order valence-corrected chi connectivity index (χ1v) is 0.687. The van der Waals surface area contributed by atoms with E-state index in [1.165, 1.54) is 16.2 Å². The van der Waals surface area contributed by atoms with Crippen molar-refractivity contribution in [2.24, 2.45) is 0 Å². The summed E-state index contributed by atoms with van der Waals surface area (Å²) in [6.45, 7) is 0. The summed E-state index contributed by atoms with van der Waals surface area (Å²) in [5.74, 6) is 0. The molecule has 0 aliphatic heterocycles. The van der Waals surface area contributed by atoms with Crippen LogP contribution in [0.5, 0.6) is 0 Å². The molecule has 0 unspecified atom stereocenters. The van der Waals surface area contributed by atoms with Gasteiger partial charge in [-0.1, -0.05) is 0 Å². The third-order valence-electron chi connectivity index (χ3n) is 0. The zero-order valence-corrected chi connectivity index (χ0v) is 4.51. The van der Waals surface area contributed by atoms with Gasteiger partial charge >= 0.3 is 20.0 Å². The van der Waals surface area contributed by atoms with Crippen molar-refractivity contribution in [2.45, 2.75) is 0 Å². The fourth-order valence-corrected chi connectivity index (χ4v) is 0. The number of hydrogen-bond donors (Lipinski definition) is 0. The molecule has 0 amide bonds. The normalized spacial score (nSPS) is 1.00. The molecule has 0 aromatic rings. The van der Waals surface area contributed by atoms with E-state index < -0.39 is 0 Å². The van der Waals surface area contributed by atoms with E-state index in [-0.39, 0.29) is 38.4 Å². The van der Waals surface area contributed by atoms with Gasteiger partial charge in [0.25, 0.3) is 0 Å². The second-order valence-electron chi connectivity index (χ2n) is 0. The molecule has 0 aromatic carbocycles. The average Bonchev–Trinajstić information content (AvgIpc) is 1.00. The topological polar surface area (TPSA) is 17.1 Å². The van der Waals surface area contributed by atoms with Crippen LogP contribution in [0.4, 0.5) is 0 Å². The Balaban J connectivity index is -0.00000000500. The Morgan fingerprint density at radius 1 is 1.25 bits per heavy atom. The summed E-state index contributed by atoms with van der Waals surface area (Å²) in [6.07, 6.45) is 0. The van der Waals surface area contributed by atoms with Crippen molar-refractivity contribution in [3.8, 4) is 0 Å². The average molecular weight is 194 g/mol. The van der Waals surface area contributed by atoms with Gasteiger partial charge in [0.05, 0.1) is 0 Å². The van der Waals surface area contributed by atoms with E-state index >= 15 is 0 Å². The molecule has 0 aliphatic carbocycles. The van der Waals surface area contributed by atoms with E-state index in [9.17, 15) is 0 Å². The van der Waals surface area contributed by atoms with Crippen LogP contribution in [0.2, 0.25) is 0 Å². The molecule has 0 saturated heterocycles. The summed E-state index contributed by atoms with van der Waals surface area (Å²) in [5.41, 5.74) is 0. The molecule has 0 spiro atoms. The fourth-order valence-electron chi connectivity index (χ4n) is 0. The predicted molar refractivity (Wildman–Crippen MR) is 10.6 cm³/mol. The molecule has 24 valence electrons. The first-order chi connectivity index (χ1) is 1.00. The molecule has 4 heteroatoms. The Labute approximate surface area is 58.2 Å². The molecule has 0 N–H and O–H groups in total. The van der Waals surface area contributed by atoms with Crippen LogP contribution in [0.15, 0.2) is 0 Å². The Bertz CT molecular complexity index is 8.00. The fraction of sp³-hybridized carbons (Fsp3) is 0. The van der Waals surface area contributed by atoms with Crippen LogP contribution in [-0.4, -0.2) is 17.4 Å². The van der Waals surface area contributed by atoms with Gasteiger partial charge in [0.2, 0.25) is 0 Å². The molecule has 0 fully saturated rings. The molecule has 0 aromatic heterocycles. The molecule has 0 heterocycles. The van der Waals surface area contributed by atoms with E-state index in [4.69, 9.17) is 3.80 Å². The van der Waals surface area contributed by atoms with Crippen LogP contribution in [0, 0.1) is 0 Å². The van der Waals surface area contributed by atoms with Crippen LogP contribution in [-0.2, 0) is 41.1 Å². The van der Waals surface area contributed by atoms with Gasteiger partial charge < -0.3 is 0 Å². The molecule has 0 aliphatic rings. The van der Waals surface area contributed by atoms with Crippen LogP contribution in [0.3, 0.4) is 0 Å². The van der Waals surface area contributed by atoms with E-state index in [0.29, 0.717) is 0 Å². The first-order valence-electron chi connectivity index (χ1n) is 0.167. The van der Waals surface area contributed by atoms with Crippen molar-refractivity contribution < 1.29 is 41.1 Å². The van der Waals surface area contributed by atoms with Crippen molar-refractivity contribution in [1.29, 1.82) is 0 Å². The summed E-state index contributed by atoms with van der Waals surface area (Å²) in [6, 6.07) is 0. The third kappa shape index (κ3) is 9.60. The van der Waals surface area contributed by atoms with E-state index in [2.05, 4.69) is 0 Å². The quantitative estimate of drug-likeness (QED) is 0.437. The second-order valence-corrected chi connectivity index (χ2v) is 0. The van der Waals surface area contributed by atoms with E-state index in [1.54, 1.807) is 0 Å². The Kier molecular flexibility index (Phi) is 105. The summed E-state index contributed by atoms with van der Waals surface area (Å²) < 4.78 is 8.12. The molecule has 0 bridgehead atoms. The van der Waals surface area contributed by atoms with Crippen molar-refractivity contribution >= 4 is 17.4 Å². The van der Waals surface area contributed by atoms with E-state index in [1.807, 2.05) is 0 Å². The number of rotatable bonds is 0. The van der Waals surface area contributed by atoms with Gasteiger partial charge in [-0.15, -0.1) is 0 Å². The van der Waals surface area contributed by atoms with Gasteiger partial charge in [-0.05, 0) is 0 Å². The van der Waals surface area contributed by atoms with Crippen molar-refractivity contribution in [2.75, 3.05) is 0 Å². The van der Waals surface area contributed by atoms with Gasteiger partial charge in [-0.25, -0.2) is 0 Å². The van der Waals surface area contributed by atoms with Gasteiger partial charge in [-0.2, -0.15) is 0 Å². The SMILES string of the molecule is [AlH3].[Mo].[O]=[Cr]. The molecular formula is H3AlCrMoO. The molecule has 0 atom stereocenters. The van der Waals surface area contributed by atoms with Crippen molar-refractivity contribution in [3.63, 3.8) is 0 Å². The van der Waals surface area contributed by atoms with E-state index in [0.717, 1.165) is 0 Å². The zero-order chi connectivity index (χ0) is 2.00. The summed E-state index contributed by atoms with van der Waals surface area (Å²) >= 11 is 1.38. The monoisotopic (exact) mass is 196 g/mol. The third-order valence-corrected chi connectivity index (χ3v) is 0. The van der Waals surface area contributed by atoms with Crippen LogP contribution >= 0.6 is 0 Å². The minimum atomic E-state index is 0. The van der Waals surface area contributed by atoms with Crippen LogP contribution in [0.1, 0.15) is 0 Å². The minimum absolute atomic E-state index is 0. The molecule has 0 rings (SSSR count). The van der Waals surface area contributed by atoms with Gasteiger partial charge in [0, 0.05) is 21.1 Å². The molecule has 1 nitrogen and oxygen atoms in total. The van der Waals surface area contributed by atoms with Crippen LogP contribution in [0.25, 0.3) is 0 Å². The maximum absolute atomic E-state index is 8.12. The molecule has 0 radical (unpaired) electrons. The van der Waals surface area contributed by atoms with Crippen molar-refractivity contribution in [3.05, 3.63) is 0 Å². The van der Waals surface area contributed by atoms with Crippen molar-refractivity contribution in [1.82, 2.24) is 0 Å². The van der Waals surface area contributed by atoms with Gasteiger partial charge in [-0.3, -0.25) is 0 Å². The maximum atomic E-state index is 8.12. The second kappa shape index (κ2) is 23.8. The van der Waals surface area contributed by atoms with Gasteiger partial charge in [0.15, 0.2) is 17.4 Å². The summed E-state index contributed by atoms with van der Waals surface area (Å²) in [5, 5.41) is 0. The van der Waals surface area contributed by atoms with Gasteiger partial charge in [0.1, 0.15) is 0 Å². The number of hydrogen-bond acceptors (Lipinski definition) is 1. The Morgan fingerprint density at radius 3 is 1.25 bits per heavy atom. The molecular weight excluding hydrogens is 191 g/mol. The standard InChI is InChI=1S/Al.Cr.Mo.O.3H. The van der Waals surface area contributed by atoms with Crippen LogP contribution < -0.4 is 0 Å². The Morgan fingerprint density at radius 2 is 1.25 bits per heavy atom. The Hall–Kier alpha value is 1.55. The summed E-state index contributed by atoms with van der Waals surface area (Å²) in [4.78, 5) is 0. The first kappa shape index (κ1) is 17.7.